The van der Waals surface area contributed by atoms with Gasteiger partial charge in [0.15, 0.2) is 0 Å². The fourth-order valence-electron chi connectivity index (χ4n) is 3.37. The lowest BCUT2D eigenvalue weighted by Gasteiger charge is -2.32. The van der Waals surface area contributed by atoms with E-state index < -0.39 is 0 Å². The van der Waals surface area contributed by atoms with E-state index in [1.165, 1.54) is 11.1 Å². The molecule has 1 aromatic rings. The van der Waals surface area contributed by atoms with Gasteiger partial charge in [-0.3, -0.25) is 0 Å². The zero-order valence-corrected chi connectivity index (χ0v) is 12.7. The fourth-order valence-corrected chi connectivity index (χ4v) is 3.37. The van der Waals surface area contributed by atoms with E-state index in [-0.39, 0.29) is 0 Å². The third-order valence-electron chi connectivity index (χ3n) is 4.73. The molecule has 1 aromatic carbocycles. The van der Waals surface area contributed by atoms with E-state index in [2.05, 4.69) is 35.2 Å². The second-order valence-corrected chi connectivity index (χ2v) is 6.04. The summed E-state index contributed by atoms with van der Waals surface area (Å²) in [5.41, 5.74) is 3.73. The van der Waals surface area contributed by atoms with Gasteiger partial charge in [0.05, 0.1) is 12.3 Å². The van der Waals surface area contributed by atoms with Crippen LogP contribution < -0.4 is 4.74 Å². The average Bonchev–Trinajstić information content (AvgIpc) is 3.00. The highest BCUT2D eigenvalue weighted by Gasteiger charge is 2.24. The molecule has 3 rings (SSSR count). The number of oxime groups is 1. The third kappa shape index (κ3) is 3.21. The summed E-state index contributed by atoms with van der Waals surface area (Å²) in [6.45, 7) is 6.09. The van der Waals surface area contributed by atoms with Crippen LogP contribution in [0.25, 0.3) is 0 Å². The smallest absolute Gasteiger partial charge is 0.122 e. The van der Waals surface area contributed by atoms with E-state index in [1.54, 1.807) is 0 Å². The van der Waals surface area contributed by atoms with Crippen molar-refractivity contribution in [3.8, 4) is 5.75 Å². The Balaban J connectivity index is 1.56. The summed E-state index contributed by atoms with van der Waals surface area (Å²) < 4.78 is 5.55. The van der Waals surface area contributed by atoms with Crippen LogP contribution in [0.5, 0.6) is 5.75 Å². The molecular weight excluding hydrogens is 264 g/mol. The molecule has 0 amide bonds. The van der Waals surface area contributed by atoms with Crippen molar-refractivity contribution in [3.05, 3.63) is 29.3 Å². The molecule has 1 fully saturated rings. The number of hydrogen-bond donors (Lipinski definition) is 1. The predicted octanol–water partition coefficient (Wildman–Crippen LogP) is 2.73. The van der Waals surface area contributed by atoms with Crippen LogP contribution in [0.15, 0.2) is 23.4 Å². The van der Waals surface area contributed by atoms with E-state index in [0.29, 0.717) is 5.92 Å². The topological polar surface area (TPSA) is 45.1 Å². The van der Waals surface area contributed by atoms with Crippen molar-refractivity contribution in [2.75, 3.05) is 26.2 Å². The highest BCUT2D eigenvalue weighted by atomic mass is 16.5. The first-order valence-electron chi connectivity index (χ1n) is 7.98. The Labute approximate surface area is 126 Å². The van der Waals surface area contributed by atoms with Crippen molar-refractivity contribution in [3.63, 3.8) is 0 Å². The Morgan fingerprint density at radius 3 is 3.10 bits per heavy atom. The minimum atomic E-state index is 0.414. The number of nitrogens with zero attached hydrogens (tertiary/aromatic N) is 2. The van der Waals surface area contributed by atoms with Crippen LogP contribution in [0.4, 0.5) is 0 Å². The van der Waals surface area contributed by atoms with Crippen molar-refractivity contribution < 1.29 is 9.94 Å². The molecule has 1 N–H and O–H groups in total. The summed E-state index contributed by atoms with van der Waals surface area (Å²) in [4.78, 5) is 2.49. The lowest BCUT2D eigenvalue weighted by Crippen LogP contribution is -2.41. The third-order valence-corrected chi connectivity index (χ3v) is 4.73. The highest BCUT2D eigenvalue weighted by molar-refractivity contribution is 5.87. The Kier molecular flexibility index (Phi) is 4.44. The van der Waals surface area contributed by atoms with Crippen LogP contribution in [0.3, 0.4) is 0 Å². The van der Waals surface area contributed by atoms with Crippen LogP contribution in [-0.2, 0) is 12.8 Å². The van der Waals surface area contributed by atoms with Crippen molar-refractivity contribution in [2.24, 2.45) is 11.1 Å². The van der Waals surface area contributed by atoms with Crippen molar-refractivity contribution in [1.29, 1.82) is 0 Å². The Hall–Kier alpha value is -1.55. The van der Waals surface area contributed by atoms with E-state index >= 15 is 0 Å². The zero-order chi connectivity index (χ0) is 14.7. The summed E-state index contributed by atoms with van der Waals surface area (Å²) in [6.07, 6.45) is 4.07. The lowest BCUT2D eigenvalue weighted by atomic mass is 9.93. The van der Waals surface area contributed by atoms with Gasteiger partial charge < -0.3 is 14.8 Å². The van der Waals surface area contributed by atoms with Gasteiger partial charge in [0.2, 0.25) is 0 Å². The molecule has 2 aliphatic heterocycles. The normalized spacial score (nSPS) is 24.0. The van der Waals surface area contributed by atoms with Gasteiger partial charge >= 0.3 is 0 Å². The highest BCUT2D eigenvalue weighted by Crippen LogP contribution is 2.26. The number of likely N-dealkylation sites (tertiary alicyclic amines) is 1. The van der Waals surface area contributed by atoms with E-state index in [0.717, 1.165) is 63.4 Å². The van der Waals surface area contributed by atoms with Crippen LogP contribution in [0.2, 0.25) is 0 Å². The van der Waals surface area contributed by atoms with Gasteiger partial charge in [-0.2, -0.15) is 0 Å². The Morgan fingerprint density at radius 2 is 2.29 bits per heavy atom. The number of benzene rings is 1. The van der Waals surface area contributed by atoms with Gasteiger partial charge in [-0.05, 0) is 30.0 Å². The molecule has 1 unspecified atom stereocenters. The molecule has 21 heavy (non-hydrogen) atoms. The minimum absolute atomic E-state index is 0.414. The molecule has 114 valence electrons. The molecule has 0 aliphatic carbocycles. The fraction of sp³-hybridized carbons (Fsp3) is 0.588. The summed E-state index contributed by atoms with van der Waals surface area (Å²) in [5, 5.41) is 12.5. The molecule has 2 heterocycles. The van der Waals surface area contributed by atoms with E-state index in [1.807, 2.05) is 0 Å². The van der Waals surface area contributed by atoms with Crippen LogP contribution in [0.1, 0.15) is 30.9 Å². The second-order valence-electron chi connectivity index (χ2n) is 6.04. The van der Waals surface area contributed by atoms with Gasteiger partial charge in [-0.1, -0.05) is 24.2 Å². The van der Waals surface area contributed by atoms with Crippen LogP contribution >= 0.6 is 0 Å². The van der Waals surface area contributed by atoms with E-state index in [9.17, 15) is 0 Å². The average molecular weight is 288 g/mol. The molecule has 0 radical (unpaired) electrons. The maximum absolute atomic E-state index is 9.03. The van der Waals surface area contributed by atoms with Gasteiger partial charge in [-0.15, -0.1) is 0 Å². The van der Waals surface area contributed by atoms with Crippen LogP contribution in [-0.4, -0.2) is 42.1 Å². The number of fused-ring (bicyclic) bond motifs is 1. The van der Waals surface area contributed by atoms with Gasteiger partial charge in [0.25, 0.3) is 0 Å². The summed E-state index contributed by atoms with van der Waals surface area (Å²) >= 11 is 0. The summed E-state index contributed by atoms with van der Waals surface area (Å²) in [6, 6.07) is 6.59. The Bertz CT molecular complexity index is 528. The molecule has 0 spiro atoms. The minimum Gasteiger partial charge on any atom is -0.493 e. The van der Waals surface area contributed by atoms with Crippen molar-refractivity contribution >= 4 is 5.71 Å². The van der Waals surface area contributed by atoms with E-state index in [4.69, 9.17) is 9.94 Å². The predicted molar refractivity (Wildman–Crippen MR) is 83.4 cm³/mol. The summed E-state index contributed by atoms with van der Waals surface area (Å²) in [5.74, 6) is 1.48. The number of ether oxygens (including phenoxy) is 1. The largest absolute Gasteiger partial charge is 0.493 e. The monoisotopic (exact) mass is 288 g/mol. The maximum Gasteiger partial charge on any atom is 0.122 e. The lowest BCUT2D eigenvalue weighted by molar-refractivity contribution is 0.230. The zero-order valence-electron chi connectivity index (χ0n) is 12.7. The van der Waals surface area contributed by atoms with Gasteiger partial charge in [-0.25, -0.2) is 0 Å². The molecule has 0 bridgehead atoms. The number of piperidine rings is 1. The first-order chi connectivity index (χ1) is 10.3. The maximum atomic E-state index is 9.03. The number of rotatable bonds is 4. The SMILES string of the molecule is CCC1CN(CCc2ccc3c(c2)CCO3)CC/C1=N\O. The first-order valence-corrected chi connectivity index (χ1v) is 7.98. The summed E-state index contributed by atoms with van der Waals surface area (Å²) in [7, 11) is 0. The molecule has 4 nitrogen and oxygen atoms in total. The number of hydrogen-bond acceptors (Lipinski definition) is 4. The standard InChI is InChI=1S/C17H24N2O2/c1-2-14-12-19(9-6-16(14)18-20)8-5-13-3-4-17-15(11-13)7-10-21-17/h3-4,11,14,20H,2,5-10,12H2,1H3/b18-16+. The second kappa shape index (κ2) is 6.48. The Morgan fingerprint density at radius 1 is 1.38 bits per heavy atom. The van der Waals surface area contributed by atoms with Gasteiger partial charge in [0.1, 0.15) is 5.75 Å². The molecule has 1 saturated heterocycles. The molecule has 0 saturated carbocycles. The van der Waals surface area contributed by atoms with Crippen molar-refractivity contribution in [2.45, 2.75) is 32.6 Å². The molecule has 4 heteroatoms. The molecule has 0 aromatic heterocycles. The first kappa shape index (κ1) is 14.4. The van der Waals surface area contributed by atoms with Gasteiger partial charge in [0, 0.05) is 38.4 Å². The quantitative estimate of drug-likeness (QED) is 0.684. The molecular formula is C17H24N2O2. The molecule has 2 aliphatic rings. The molecule has 1 atom stereocenters. The van der Waals surface area contributed by atoms with Crippen molar-refractivity contribution in [1.82, 2.24) is 4.90 Å². The van der Waals surface area contributed by atoms with Crippen LogP contribution in [0, 0.1) is 5.92 Å².